The van der Waals surface area contributed by atoms with Crippen LogP contribution in [0.1, 0.15) is 21.5 Å². The third kappa shape index (κ3) is 2.41. The standard InChI is InChI=1S/C15H14O3/c1-10-2-5-13(15(17)18)8-14(10)12-6-3-11(9-16)4-7-12/h2-8,16H,9H2,1H3,(H,17,18). The van der Waals surface area contributed by atoms with E-state index in [0.29, 0.717) is 0 Å². The van der Waals surface area contributed by atoms with Gasteiger partial charge in [0.05, 0.1) is 12.2 Å². The van der Waals surface area contributed by atoms with Crippen molar-refractivity contribution >= 4 is 5.97 Å². The molecular formula is C15H14O3. The SMILES string of the molecule is Cc1ccc(C(=O)O)cc1-c1ccc(CO)cc1. The quantitative estimate of drug-likeness (QED) is 0.870. The van der Waals surface area contributed by atoms with Crippen molar-refractivity contribution in [1.29, 1.82) is 0 Å². The maximum atomic E-state index is 11.0. The van der Waals surface area contributed by atoms with Gasteiger partial charge in [-0.05, 0) is 41.3 Å². The van der Waals surface area contributed by atoms with Gasteiger partial charge in [0, 0.05) is 0 Å². The number of aryl methyl sites for hydroxylation is 1. The van der Waals surface area contributed by atoms with Crippen LogP contribution in [0.4, 0.5) is 0 Å². The first-order chi connectivity index (χ1) is 8.61. The molecule has 0 aliphatic carbocycles. The van der Waals surface area contributed by atoms with Gasteiger partial charge < -0.3 is 10.2 Å². The smallest absolute Gasteiger partial charge is 0.335 e. The summed E-state index contributed by atoms with van der Waals surface area (Å²) in [5.41, 5.74) is 4.00. The first-order valence-corrected chi connectivity index (χ1v) is 5.66. The summed E-state index contributed by atoms with van der Waals surface area (Å²) in [6.07, 6.45) is 0. The predicted octanol–water partition coefficient (Wildman–Crippen LogP) is 2.85. The van der Waals surface area contributed by atoms with Crippen molar-refractivity contribution in [1.82, 2.24) is 0 Å². The van der Waals surface area contributed by atoms with Crippen molar-refractivity contribution < 1.29 is 15.0 Å². The Morgan fingerprint density at radius 1 is 1.11 bits per heavy atom. The fourth-order valence-corrected chi connectivity index (χ4v) is 1.86. The summed E-state index contributed by atoms with van der Waals surface area (Å²) in [5.74, 6) is -0.928. The second-order valence-corrected chi connectivity index (χ2v) is 4.19. The van der Waals surface area contributed by atoms with Crippen LogP contribution in [0.5, 0.6) is 0 Å². The minimum absolute atomic E-state index is 0.00836. The molecule has 0 saturated heterocycles. The lowest BCUT2D eigenvalue weighted by Gasteiger charge is -2.08. The Morgan fingerprint density at radius 2 is 1.78 bits per heavy atom. The highest BCUT2D eigenvalue weighted by Crippen LogP contribution is 2.25. The molecule has 2 aromatic rings. The Kier molecular flexibility index (Phi) is 3.44. The molecule has 0 aliphatic rings. The highest BCUT2D eigenvalue weighted by Gasteiger charge is 2.07. The Labute approximate surface area is 105 Å². The van der Waals surface area contributed by atoms with Crippen LogP contribution in [0.2, 0.25) is 0 Å². The molecule has 0 atom stereocenters. The van der Waals surface area contributed by atoms with Gasteiger partial charge in [-0.2, -0.15) is 0 Å². The highest BCUT2D eigenvalue weighted by molar-refractivity contribution is 5.89. The van der Waals surface area contributed by atoms with Crippen LogP contribution in [0.25, 0.3) is 11.1 Å². The Morgan fingerprint density at radius 3 is 2.33 bits per heavy atom. The molecule has 2 rings (SSSR count). The normalized spacial score (nSPS) is 10.3. The van der Waals surface area contributed by atoms with Crippen molar-refractivity contribution in [3.8, 4) is 11.1 Å². The Hall–Kier alpha value is -2.13. The average Bonchev–Trinajstić information content (AvgIpc) is 2.39. The molecule has 0 unspecified atom stereocenters. The lowest BCUT2D eigenvalue weighted by atomic mass is 9.97. The number of benzene rings is 2. The van der Waals surface area contributed by atoms with Crippen LogP contribution in [0.3, 0.4) is 0 Å². The number of carboxylic acid groups (broad SMARTS) is 1. The number of carboxylic acids is 1. The van der Waals surface area contributed by atoms with E-state index in [4.69, 9.17) is 10.2 Å². The summed E-state index contributed by atoms with van der Waals surface area (Å²) in [6, 6.07) is 12.5. The third-order valence-corrected chi connectivity index (χ3v) is 2.93. The van der Waals surface area contributed by atoms with Gasteiger partial charge in [-0.3, -0.25) is 0 Å². The fourth-order valence-electron chi connectivity index (χ4n) is 1.86. The zero-order valence-corrected chi connectivity index (χ0v) is 10.1. The van der Waals surface area contributed by atoms with Gasteiger partial charge in [0.2, 0.25) is 0 Å². The van der Waals surface area contributed by atoms with Crippen molar-refractivity contribution in [2.75, 3.05) is 0 Å². The summed E-state index contributed by atoms with van der Waals surface area (Å²) in [6.45, 7) is 1.95. The van der Waals surface area contributed by atoms with Crippen molar-refractivity contribution in [3.05, 3.63) is 59.2 Å². The number of hydrogen-bond acceptors (Lipinski definition) is 2. The molecule has 3 nitrogen and oxygen atoms in total. The zero-order valence-electron chi connectivity index (χ0n) is 10.1. The topological polar surface area (TPSA) is 57.5 Å². The number of carbonyl (C=O) groups is 1. The van der Waals surface area contributed by atoms with Crippen LogP contribution >= 0.6 is 0 Å². The minimum atomic E-state index is -0.928. The molecule has 0 fully saturated rings. The Bertz CT molecular complexity index is 571. The van der Waals surface area contributed by atoms with E-state index in [1.165, 1.54) is 0 Å². The fraction of sp³-hybridized carbons (Fsp3) is 0.133. The van der Waals surface area contributed by atoms with E-state index in [1.807, 2.05) is 31.2 Å². The van der Waals surface area contributed by atoms with Crippen molar-refractivity contribution in [2.24, 2.45) is 0 Å². The largest absolute Gasteiger partial charge is 0.478 e. The molecule has 0 bridgehead atoms. The number of aliphatic hydroxyl groups is 1. The number of aromatic carboxylic acids is 1. The lowest BCUT2D eigenvalue weighted by Crippen LogP contribution is -1.97. The number of aliphatic hydroxyl groups excluding tert-OH is 1. The summed E-state index contributed by atoms with van der Waals surface area (Å²) in [7, 11) is 0. The maximum Gasteiger partial charge on any atom is 0.335 e. The van der Waals surface area contributed by atoms with Crippen LogP contribution in [-0.2, 0) is 6.61 Å². The van der Waals surface area contributed by atoms with E-state index in [-0.39, 0.29) is 12.2 Å². The van der Waals surface area contributed by atoms with Gasteiger partial charge in [-0.25, -0.2) is 4.79 Å². The molecule has 0 aromatic heterocycles. The molecule has 0 amide bonds. The van der Waals surface area contributed by atoms with E-state index in [9.17, 15) is 4.79 Å². The average molecular weight is 242 g/mol. The van der Waals surface area contributed by atoms with Gasteiger partial charge in [0.1, 0.15) is 0 Å². The van der Waals surface area contributed by atoms with Crippen LogP contribution < -0.4 is 0 Å². The lowest BCUT2D eigenvalue weighted by molar-refractivity contribution is 0.0697. The summed E-state index contributed by atoms with van der Waals surface area (Å²) in [5, 5.41) is 18.0. The number of rotatable bonds is 3. The summed E-state index contributed by atoms with van der Waals surface area (Å²) < 4.78 is 0. The van der Waals surface area contributed by atoms with Crippen LogP contribution in [-0.4, -0.2) is 16.2 Å². The van der Waals surface area contributed by atoms with Gasteiger partial charge in [-0.1, -0.05) is 30.3 Å². The molecule has 0 heterocycles. The molecule has 3 heteroatoms. The third-order valence-electron chi connectivity index (χ3n) is 2.93. The molecule has 18 heavy (non-hydrogen) atoms. The first kappa shape index (κ1) is 12.3. The van der Waals surface area contributed by atoms with Gasteiger partial charge >= 0.3 is 5.97 Å². The predicted molar refractivity (Wildman–Crippen MR) is 69.5 cm³/mol. The molecular weight excluding hydrogens is 228 g/mol. The Balaban J connectivity index is 2.48. The van der Waals surface area contributed by atoms with Crippen molar-refractivity contribution in [3.63, 3.8) is 0 Å². The van der Waals surface area contributed by atoms with E-state index in [2.05, 4.69) is 0 Å². The highest BCUT2D eigenvalue weighted by atomic mass is 16.4. The first-order valence-electron chi connectivity index (χ1n) is 5.66. The molecule has 0 spiro atoms. The molecule has 2 aromatic carbocycles. The van der Waals surface area contributed by atoms with Gasteiger partial charge in [-0.15, -0.1) is 0 Å². The van der Waals surface area contributed by atoms with E-state index in [0.717, 1.165) is 22.3 Å². The van der Waals surface area contributed by atoms with E-state index >= 15 is 0 Å². The molecule has 0 radical (unpaired) electrons. The van der Waals surface area contributed by atoms with E-state index in [1.54, 1.807) is 18.2 Å². The second kappa shape index (κ2) is 5.02. The van der Waals surface area contributed by atoms with Crippen LogP contribution in [0.15, 0.2) is 42.5 Å². The second-order valence-electron chi connectivity index (χ2n) is 4.19. The zero-order chi connectivity index (χ0) is 13.1. The van der Waals surface area contributed by atoms with Gasteiger partial charge in [0.25, 0.3) is 0 Å². The van der Waals surface area contributed by atoms with E-state index < -0.39 is 5.97 Å². The summed E-state index contributed by atoms with van der Waals surface area (Å²) >= 11 is 0. The molecule has 0 saturated carbocycles. The minimum Gasteiger partial charge on any atom is -0.478 e. The monoisotopic (exact) mass is 242 g/mol. The molecule has 92 valence electrons. The summed E-state index contributed by atoms with van der Waals surface area (Å²) in [4.78, 5) is 11.0. The van der Waals surface area contributed by atoms with Gasteiger partial charge in [0.15, 0.2) is 0 Å². The van der Waals surface area contributed by atoms with Crippen molar-refractivity contribution in [2.45, 2.75) is 13.5 Å². The maximum absolute atomic E-state index is 11.0. The molecule has 0 aliphatic heterocycles. The number of hydrogen-bond donors (Lipinski definition) is 2. The van der Waals surface area contributed by atoms with Crippen LogP contribution in [0, 0.1) is 6.92 Å². The molecule has 2 N–H and O–H groups in total.